The third kappa shape index (κ3) is 16.6. The van der Waals surface area contributed by atoms with Crippen LogP contribution in [-0.2, 0) is 9.53 Å². The number of hydrogen-bond acceptors (Lipinski definition) is 5. The van der Waals surface area contributed by atoms with Crippen LogP contribution in [0.15, 0.2) is 0 Å². The second-order valence-corrected chi connectivity index (χ2v) is 4.83. The van der Waals surface area contributed by atoms with E-state index in [0.717, 1.165) is 45.2 Å². The number of likely N-dealkylation sites (N-methyl/N-ethyl adjacent to an activating group) is 1. The van der Waals surface area contributed by atoms with E-state index in [9.17, 15) is 9.59 Å². The first-order chi connectivity index (χ1) is 10.2. The van der Waals surface area contributed by atoms with Crippen molar-refractivity contribution < 1.29 is 19.4 Å². The molecule has 0 rings (SSSR count). The van der Waals surface area contributed by atoms with E-state index >= 15 is 0 Å². The normalized spacial score (nSPS) is 10.3. The molecule has 0 spiro atoms. The molecule has 124 valence electrons. The predicted molar refractivity (Wildman–Crippen MR) is 81.5 cm³/mol. The van der Waals surface area contributed by atoms with Gasteiger partial charge in [-0.1, -0.05) is 19.3 Å². The lowest BCUT2D eigenvalue weighted by atomic mass is 10.1. The molecule has 7 heteroatoms. The van der Waals surface area contributed by atoms with Crippen molar-refractivity contribution in [1.82, 2.24) is 16.0 Å². The number of nitrogens with one attached hydrogen (secondary N) is 3. The lowest BCUT2D eigenvalue weighted by molar-refractivity contribution is -0.137. The third-order valence-electron chi connectivity index (χ3n) is 2.90. The van der Waals surface area contributed by atoms with Gasteiger partial charge in [0.25, 0.3) is 0 Å². The molecule has 0 saturated heterocycles. The van der Waals surface area contributed by atoms with E-state index in [2.05, 4.69) is 16.0 Å². The number of carboxylic acid groups (broad SMARTS) is 1. The van der Waals surface area contributed by atoms with Gasteiger partial charge in [-0.2, -0.15) is 0 Å². The fraction of sp³-hybridized carbons (Fsp3) is 0.857. The summed E-state index contributed by atoms with van der Waals surface area (Å²) >= 11 is 0. The second kappa shape index (κ2) is 15.1. The van der Waals surface area contributed by atoms with E-state index in [1.54, 1.807) is 0 Å². The Bertz CT molecular complexity index is 275. The zero-order valence-corrected chi connectivity index (χ0v) is 13.0. The summed E-state index contributed by atoms with van der Waals surface area (Å²) < 4.78 is 4.97. The smallest absolute Gasteiger partial charge is 0.407 e. The Morgan fingerprint density at radius 1 is 0.952 bits per heavy atom. The van der Waals surface area contributed by atoms with Crippen molar-refractivity contribution >= 4 is 12.1 Å². The summed E-state index contributed by atoms with van der Waals surface area (Å²) in [6, 6.07) is 0. The zero-order chi connectivity index (χ0) is 15.8. The van der Waals surface area contributed by atoms with Crippen LogP contribution in [0.2, 0.25) is 0 Å². The first-order valence-electron chi connectivity index (χ1n) is 7.64. The van der Waals surface area contributed by atoms with Gasteiger partial charge in [0.2, 0.25) is 0 Å². The van der Waals surface area contributed by atoms with Crippen molar-refractivity contribution in [2.75, 3.05) is 39.8 Å². The molecule has 0 aliphatic heterocycles. The Morgan fingerprint density at radius 2 is 1.67 bits per heavy atom. The van der Waals surface area contributed by atoms with Gasteiger partial charge in [-0.25, -0.2) is 4.79 Å². The standard InChI is InChI=1S/C14H29N3O4/c1-15-9-10-17-14(20)21-12-11-16-8-6-4-2-3-5-7-13(18)19/h15-16H,2-12H2,1H3,(H,17,20)(H,18,19). The van der Waals surface area contributed by atoms with E-state index in [4.69, 9.17) is 9.84 Å². The van der Waals surface area contributed by atoms with Crippen LogP contribution >= 0.6 is 0 Å². The highest BCUT2D eigenvalue weighted by molar-refractivity contribution is 5.67. The number of unbranched alkanes of at least 4 members (excludes halogenated alkanes) is 4. The molecule has 0 aliphatic carbocycles. The minimum absolute atomic E-state index is 0.270. The molecule has 4 N–H and O–H groups in total. The first kappa shape index (κ1) is 19.7. The van der Waals surface area contributed by atoms with Gasteiger partial charge in [0.05, 0.1) is 0 Å². The van der Waals surface area contributed by atoms with Crippen molar-refractivity contribution in [3.8, 4) is 0 Å². The van der Waals surface area contributed by atoms with Gasteiger partial charge >= 0.3 is 12.1 Å². The quantitative estimate of drug-likeness (QED) is 0.357. The maximum atomic E-state index is 11.2. The summed E-state index contributed by atoms with van der Waals surface area (Å²) in [5, 5.41) is 17.2. The maximum Gasteiger partial charge on any atom is 0.407 e. The van der Waals surface area contributed by atoms with Crippen LogP contribution in [0.5, 0.6) is 0 Å². The Hall–Kier alpha value is -1.34. The second-order valence-electron chi connectivity index (χ2n) is 4.83. The van der Waals surface area contributed by atoms with Crippen LogP contribution in [0.3, 0.4) is 0 Å². The summed E-state index contributed by atoms with van der Waals surface area (Å²) in [6.07, 6.45) is 4.84. The Morgan fingerprint density at radius 3 is 2.38 bits per heavy atom. The summed E-state index contributed by atoms with van der Waals surface area (Å²) in [4.78, 5) is 21.5. The molecular formula is C14H29N3O4. The van der Waals surface area contributed by atoms with Crippen LogP contribution in [0.4, 0.5) is 4.79 Å². The summed E-state index contributed by atoms with van der Waals surface area (Å²) in [5.41, 5.74) is 0. The predicted octanol–water partition coefficient (Wildman–Crippen LogP) is 0.947. The number of ether oxygens (including phenoxy) is 1. The average Bonchev–Trinajstić information content (AvgIpc) is 2.44. The van der Waals surface area contributed by atoms with Gasteiger partial charge in [-0.05, 0) is 26.4 Å². The molecule has 0 heterocycles. The number of carbonyl (C=O) groups is 2. The van der Waals surface area contributed by atoms with E-state index in [1.165, 1.54) is 0 Å². The van der Waals surface area contributed by atoms with Crippen molar-refractivity contribution in [3.05, 3.63) is 0 Å². The average molecular weight is 303 g/mol. The SMILES string of the molecule is CNCCNC(=O)OCCNCCCCCCCC(=O)O. The molecule has 0 bridgehead atoms. The highest BCUT2D eigenvalue weighted by atomic mass is 16.5. The number of rotatable bonds is 14. The molecular weight excluding hydrogens is 274 g/mol. The summed E-state index contributed by atoms with van der Waals surface area (Å²) in [5.74, 6) is -0.716. The molecule has 0 atom stereocenters. The molecule has 0 unspecified atom stereocenters. The van der Waals surface area contributed by atoms with E-state index in [0.29, 0.717) is 19.7 Å². The monoisotopic (exact) mass is 303 g/mol. The van der Waals surface area contributed by atoms with Gasteiger partial charge in [-0.3, -0.25) is 4.79 Å². The van der Waals surface area contributed by atoms with Crippen LogP contribution in [-0.4, -0.2) is 57.0 Å². The molecule has 21 heavy (non-hydrogen) atoms. The van der Waals surface area contributed by atoms with E-state index in [-0.39, 0.29) is 12.5 Å². The van der Waals surface area contributed by atoms with Crippen molar-refractivity contribution in [2.45, 2.75) is 38.5 Å². The molecule has 0 fully saturated rings. The zero-order valence-electron chi connectivity index (χ0n) is 13.0. The van der Waals surface area contributed by atoms with E-state index in [1.807, 2.05) is 7.05 Å². The molecule has 1 amide bonds. The highest BCUT2D eigenvalue weighted by Gasteiger charge is 1.99. The maximum absolute atomic E-state index is 11.2. The van der Waals surface area contributed by atoms with Crippen molar-refractivity contribution in [1.29, 1.82) is 0 Å². The van der Waals surface area contributed by atoms with Crippen molar-refractivity contribution in [3.63, 3.8) is 0 Å². The number of alkyl carbamates (subject to hydrolysis) is 1. The van der Waals surface area contributed by atoms with Gasteiger partial charge in [0, 0.05) is 26.1 Å². The molecule has 0 aromatic carbocycles. The minimum atomic E-state index is -0.716. The number of amides is 1. The molecule has 7 nitrogen and oxygen atoms in total. The third-order valence-corrected chi connectivity index (χ3v) is 2.90. The highest BCUT2D eigenvalue weighted by Crippen LogP contribution is 2.04. The number of carbonyl (C=O) groups excluding carboxylic acids is 1. The first-order valence-corrected chi connectivity index (χ1v) is 7.64. The van der Waals surface area contributed by atoms with Crippen LogP contribution in [0, 0.1) is 0 Å². The Balaban J connectivity index is 3.11. The Labute approximate surface area is 126 Å². The molecule has 0 saturated carbocycles. The molecule has 0 aromatic heterocycles. The number of carboxylic acids is 1. The topological polar surface area (TPSA) is 99.7 Å². The lowest BCUT2D eigenvalue weighted by Gasteiger charge is -2.07. The van der Waals surface area contributed by atoms with Crippen molar-refractivity contribution in [2.24, 2.45) is 0 Å². The van der Waals surface area contributed by atoms with Crippen LogP contribution < -0.4 is 16.0 Å². The fourth-order valence-corrected chi connectivity index (χ4v) is 1.74. The van der Waals surface area contributed by atoms with E-state index < -0.39 is 5.97 Å². The van der Waals surface area contributed by atoms with Gasteiger partial charge in [-0.15, -0.1) is 0 Å². The molecule has 0 aromatic rings. The fourth-order valence-electron chi connectivity index (χ4n) is 1.74. The minimum Gasteiger partial charge on any atom is -0.481 e. The summed E-state index contributed by atoms with van der Waals surface area (Å²) in [7, 11) is 1.82. The summed E-state index contributed by atoms with van der Waals surface area (Å²) in [6.45, 7) is 3.19. The largest absolute Gasteiger partial charge is 0.481 e. The number of aliphatic carboxylic acids is 1. The molecule has 0 radical (unpaired) electrons. The van der Waals surface area contributed by atoms with Gasteiger partial charge in [0.15, 0.2) is 0 Å². The molecule has 0 aliphatic rings. The number of hydrogen-bond donors (Lipinski definition) is 4. The van der Waals surface area contributed by atoms with Gasteiger partial charge < -0.3 is 25.8 Å². The lowest BCUT2D eigenvalue weighted by Crippen LogP contribution is -2.32. The van der Waals surface area contributed by atoms with Crippen LogP contribution in [0.1, 0.15) is 38.5 Å². The van der Waals surface area contributed by atoms with Gasteiger partial charge in [0.1, 0.15) is 6.61 Å². The van der Waals surface area contributed by atoms with Crippen LogP contribution in [0.25, 0.3) is 0 Å². The Kier molecular flexibility index (Phi) is 14.1.